The minimum absolute atomic E-state index is 0.0354. The van der Waals surface area contributed by atoms with Crippen LogP contribution in [0.15, 0.2) is 72.1 Å². The number of aromatic amines is 2. The number of nitrogens with one attached hydrogen (secondary N) is 2. The number of fused-ring (bicyclic) bond motifs is 8. The molecule has 0 saturated carbocycles. The maximum atomic E-state index is 15.6. The minimum Gasteiger partial charge on any atom is -0.481 e. The van der Waals surface area contributed by atoms with Crippen LogP contribution in [0.1, 0.15) is 73.2 Å². The van der Waals surface area contributed by atoms with Crippen LogP contribution in [0.2, 0.25) is 0 Å². The Kier molecular flexibility index (Phi) is 10.0. The van der Waals surface area contributed by atoms with Crippen molar-refractivity contribution >= 4 is 22.7 Å². The van der Waals surface area contributed by atoms with Crippen LogP contribution in [-0.4, -0.2) is 43.5 Å². The van der Waals surface area contributed by atoms with Crippen molar-refractivity contribution in [2.24, 2.45) is 16.7 Å². The third-order valence-electron chi connectivity index (χ3n) is 8.73. The lowest BCUT2D eigenvalue weighted by Gasteiger charge is -2.17. The number of halogens is 2. The number of carboxylic acid groups (broad SMARTS) is 1. The zero-order chi connectivity index (χ0) is 33.6. The SMILES string of the molecule is N/C1=N\N(N)CCCc2c(c(F)cc3[nH]ccc23)Oc2ccc(F)c(c2)-c2ncc([nH]2)C(c2cccc(CCC(=O)O)c2)CCCCC1. The molecule has 3 aromatic carbocycles. The molecule has 0 fully saturated rings. The average molecular weight is 656 g/mol. The highest BCUT2D eigenvalue weighted by Crippen LogP contribution is 2.37. The molecule has 12 heteroatoms. The van der Waals surface area contributed by atoms with E-state index < -0.39 is 17.6 Å². The summed E-state index contributed by atoms with van der Waals surface area (Å²) >= 11 is 0. The van der Waals surface area contributed by atoms with Gasteiger partial charge in [-0.1, -0.05) is 37.1 Å². The molecule has 1 atom stereocenters. The maximum Gasteiger partial charge on any atom is 0.303 e. The van der Waals surface area contributed by atoms with E-state index in [1.54, 1.807) is 12.4 Å². The fraction of sp³-hybridized carbons (Fsp3) is 0.306. The molecule has 0 radical (unpaired) electrons. The lowest BCUT2D eigenvalue weighted by molar-refractivity contribution is -0.136. The molecule has 3 heterocycles. The summed E-state index contributed by atoms with van der Waals surface area (Å²) < 4.78 is 37.1. The highest BCUT2D eigenvalue weighted by Gasteiger charge is 2.21. The Morgan fingerprint density at radius 2 is 1.92 bits per heavy atom. The molecule has 250 valence electrons. The van der Waals surface area contributed by atoms with Crippen LogP contribution in [0.3, 0.4) is 0 Å². The normalized spacial score (nSPS) is 17.5. The summed E-state index contributed by atoms with van der Waals surface area (Å²) in [6, 6.07) is 15.4. The van der Waals surface area contributed by atoms with Gasteiger partial charge in [0.2, 0.25) is 0 Å². The first-order valence-corrected chi connectivity index (χ1v) is 16.2. The van der Waals surface area contributed by atoms with Crippen LogP contribution in [0, 0.1) is 11.6 Å². The Morgan fingerprint density at radius 1 is 1.04 bits per heavy atom. The van der Waals surface area contributed by atoms with Gasteiger partial charge in [-0.3, -0.25) is 4.79 Å². The fourth-order valence-corrected chi connectivity index (χ4v) is 6.33. The van der Waals surface area contributed by atoms with Crippen molar-refractivity contribution < 1.29 is 23.4 Å². The van der Waals surface area contributed by atoms with Crippen LogP contribution in [-0.2, 0) is 17.6 Å². The number of hydrogen-bond donors (Lipinski definition) is 5. The Labute approximate surface area is 276 Å². The van der Waals surface area contributed by atoms with Gasteiger partial charge in [-0.25, -0.2) is 24.7 Å². The molecule has 0 aliphatic carbocycles. The van der Waals surface area contributed by atoms with Gasteiger partial charge in [0.25, 0.3) is 0 Å². The molecule has 2 aromatic heterocycles. The predicted octanol–water partition coefficient (Wildman–Crippen LogP) is 7.12. The van der Waals surface area contributed by atoms with Crippen molar-refractivity contribution in [2.75, 3.05) is 6.54 Å². The van der Waals surface area contributed by atoms with E-state index >= 15 is 8.78 Å². The van der Waals surface area contributed by atoms with Gasteiger partial charge >= 0.3 is 5.97 Å². The van der Waals surface area contributed by atoms with Crippen LogP contribution in [0.4, 0.5) is 8.78 Å². The molecule has 5 aromatic rings. The van der Waals surface area contributed by atoms with Crippen molar-refractivity contribution in [3.63, 3.8) is 0 Å². The molecule has 0 spiro atoms. The van der Waals surface area contributed by atoms with Gasteiger partial charge in [0.05, 0.1) is 12.1 Å². The van der Waals surface area contributed by atoms with Crippen LogP contribution < -0.4 is 16.3 Å². The number of amidine groups is 1. The first-order valence-electron chi connectivity index (χ1n) is 16.2. The van der Waals surface area contributed by atoms with Gasteiger partial charge in [0.1, 0.15) is 23.2 Å². The molecule has 6 rings (SSSR count). The van der Waals surface area contributed by atoms with Gasteiger partial charge in [0, 0.05) is 59.4 Å². The van der Waals surface area contributed by atoms with Crippen LogP contribution >= 0.6 is 0 Å². The smallest absolute Gasteiger partial charge is 0.303 e. The van der Waals surface area contributed by atoms with E-state index in [9.17, 15) is 9.90 Å². The topological polar surface area (TPSA) is 159 Å². The van der Waals surface area contributed by atoms with E-state index in [1.807, 2.05) is 30.3 Å². The van der Waals surface area contributed by atoms with Gasteiger partial charge in [-0.2, -0.15) is 0 Å². The fourth-order valence-electron chi connectivity index (χ4n) is 6.33. The second-order valence-corrected chi connectivity index (χ2v) is 12.2. The number of carbonyl (C=O) groups is 1. The Bertz CT molecular complexity index is 1940. The van der Waals surface area contributed by atoms with E-state index in [0.717, 1.165) is 47.9 Å². The average Bonchev–Trinajstić information content (AvgIpc) is 3.74. The number of nitrogens with two attached hydrogens (primary N) is 2. The molecule has 1 unspecified atom stereocenters. The molecule has 48 heavy (non-hydrogen) atoms. The van der Waals surface area contributed by atoms with Crippen LogP contribution in [0.25, 0.3) is 22.3 Å². The molecular weight excluding hydrogens is 616 g/mol. The van der Waals surface area contributed by atoms with Gasteiger partial charge in [0.15, 0.2) is 11.6 Å². The lowest BCUT2D eigenvalue weighted by Crippen LogP contribution is -2.30. The van der Waals surface area contributed by atoms with Crippen LogP contribution in [0.5, 0.6) is 11.5 Å². The molecule has 0 amide bonds. The summed E-state index contributed by atoms with van der Waals surface area (Å²) in [4.78, 5) is 22.2. The number of hydrazone groups is 1. The highest BCUT2D eigenvalue weighted by atomic mass is 19.1. The Hall–Kier alpha value is -5.23. The van der Waals surface area contributed by atoms with Crippen molar-refractivity contribution in [1.82, 2.24) is 20.1 Å². The number of hydrazine groups is 1. The number of ether oxygens (including phenoxy) is 1. The predicted molar refractivity (Wildman–Crippen MR) is 180 cm³/mol. The number of aliphatic carboxylic acids is 1. The number of aryl methyl sites for hydroxylation is 2. The maximum absolute atomic E-state index is 15.6. The molecule has 7 N–H and O–H groups in total. The molecular formula is C36H39F2N7O3. The van der Waals surface area contributed by atoms with Crippen molar-refractivity contribution in [2.45, 2.75) is 63.7 Å². The van der Waals surface area contributed by atoms with Gasteiger partial charge in [-0.05, 0) is 67.5 Å². The van der Waals surface area contributed by atoms with Gasteiger partial charge < -0.3 is 25.5 Å². The second kappa shape index (κ2) is 14.7. The number of imidazole rings is 1. The van der Waals surface area contributed by atoms with Crippen molar-refractivity contribution in [3.05, 3.63) is 101 Å². The quantitative estimate of drug-likeness (QED) is 0.129. The number of aromatic nitrogens is 3. The van der Waals surface area contributed by atoms with Crippen molar-refractivity contribution in [1.29, 1.82) is 0 Å². The summed E-state index contributed by atoms with van der Waals surface area (Å²) in [6.07, 6.45) is 8.82. The lowest BCUT2D eigenvalue weighted by atomic mass is 9.89. The van der Waals surface area contributed by atoms with E-state index in [1.165, 1.54) is 29.4 Å². The first kappa shape index (κ1) is 32.7. The number of nitrogens with zero attached hydrogens (tertiary/aromatic N) is 3. The van der Waals surface area contributed by atoms with Crippen molar-refractivity contribution in [3.8, 4) is 22.9 Å². The number of carboxylic acids is 1. The molecule has 10 nitrogen and oxygen atoms in total. The highest BCUT2D eigenvalue weighted by molar-refractivity contribution is 5.85. The Balaban J connectivity index is 1.38. The van der Waals surface area contributed by atoms with E-state index in [-0.39, 0.29) is 29.4 Å². The number of benzene rings is 3. The summed E-state index contributed by atoms with van der Waals surface area (Å²) in [5.41, 5.74) is 10.4. The third kappa shape index (κ3) is 7.66. The standard InChI is InChI=1S/C36H39F2N7O3/c37-29-13-12-24-19-28(29)36-42-21-32(43-36)25(23-7-4-6-22(18-23)11-14-34(46)47)8-2-1-3-10-33(39)44-45(40)17-5-9-27-26-15-16-41-31(26)20-30(38)35(27)48-24/h4,6-7,12-13,15-16,18-21,25,41H,1-3,5,8-11,14,17,40H2,(H2,39,44)(H,42,43)(H,46,47). The molecule has 1 aliphatic rings. The van der Waals surface area contributed by atoms with E-state index in [2.05, 4.69) is 20.1 Å². The zero-order valence-corrected chi connectivity index (χ0v) is 26.5. The minimum atomic E-state index is -0.852. The van der Waals surface area contributed by atoms with E-state index in [0.29, 0.717) is 55.0 Å². The second-order valence-electron chi connectivity index (χ2n) is 12.2. The Morgan fingerprint density at radius 3 is 2.77 bits per heavy atom. The number of H-pyrrole nitrogens is 2. The largest absolute Gasteiger partial charge is 0.481 e. The number of hydrogen-bond acceptors (Lipinski definition) is 7. The third-order valence-corrected chi connectivity index (χ3v) is 8.73. The molecule has 4 bridgehead atoms. The van der Waals surface area contributed by atoms with E-state index in [4.69, 9.17) is 16.3 Å². The molecule has 0 saturated heterocycles. The zero-order valence-electron chi connectivity index (χ0n) is 26.5. The number of rotatable bonds is 4. The summed E-state index contributed by atoms with van der Waals surface area (Å²) in [7, 11) is 0. The molecule has 1 aliphatic heterocycles. The summed E-state index contributed by atoms with van der Waals surface area (Å²) in [5, 5.41) is 15.7. The van der Waals surface area contributed by atoms with Gasteiger partial charge in [-0.15, -0.1) is 5.10 Å². The summed E-state index contributed by atoms with van der Waals surface area (Å²) in [6.45, 7) is 0.386. The summed E-state index contributed by atoms with van der Waals surface area (Å²) in [5.74, 6) is 5.21. The monoisotopic (exact) mass is 655 g/mol. The first-order chi connectivity index (χ1) is 23.2.